The lowest BCUT2D eigenvalue weighted by atomic mass is 10.2. The molecule has 4 heteroatoms. The molecule has 0 saturated carbocycles. The van der Waals surface area contributed by atoms with Crippen molar-refractivity contribution in [1.29, 1.82) is 0 Å². The average Bonchev–Trinajstić information content (AvgIpc) is 1.93. The molecule has 1 unspecified atom stereocenters. The average molecular weight is 174 g/mol. The third-order valence-corrected chi connectivity index (χ3v) is 1.51. The fourth-order valence-corrected chi connectivity index (χ4v) is 0.932. The highest BCUT2D eigenvalue weighted by atomic mass is 32.2. The molecule has 0 radical (unpaired) electrons. The zero-order valence-electron chi connectivity index (χ0n) is 5.91. The van der Waals surface area contributed by atoms with E-state index in [0.717, 1.165) is 5.56 Å². The molecule has 0 amide bonds. The molecule has 0 saturated heterocycles. The maximum absolute atomic E-state index is 11.7. The number of hydrogen-bond donors (Lipinski definition) is 0. The van der Waals surface area contributed by atoms with E-state index in [0.29, 0.717) is 0 Å². The SMILES string of the molecule is Cc1ccc(OS(=O)F)cc1. The largest absolute Gasteiger partial charge is 0.401 e. The van der Waals surface area contributed by atoms with Crippen LogP contribution in [0.3, 0.4) is 0 Å². The predicted octanol–water partition coefficient (Wildman–Crippen LogP) is 1.92. The second-order valence-corrected chi connectivity index (χ2v) is 2.65. The highest BCUT2D eigenvalue weighted by Gasteiger charge is 1.97. The van der Waals surface area contributed by atoms with Crippen LogP contribution in [0.25, 0.3) is 0 Å². The molecule has 60 valence electrons. The van der Waals surface area contributed by atoms with Gasteiger partial charge in [0.25, 0.3) is 0 Å². The Hall–Kier alpha value is -0.900. The molecule has 1 aromatic rings. The summed E-state index contributed by atoms with van der Waals surface area (Å²) in [5.74, 6) is 0.274. The second-order valence-electron chi connectivity index (χ2n) is 2.09. The molecule has 1 atom stereocenters. The van der Waals surface area contributed by atoms with E-state index in [1.165, 1.54) is 0 Å². The van der Waals surface area contributed by atoms with E-state index in [2.05, 4.69) is 4.18 Å². The minimum atomic E-state index is -2.72. The molecular weight excluding hydrogens is 167 g/mol. The Morgan fingerprint density at radius 1 is 1.36 bits per heavy atom. The van der Waals surface area contributed by atoms with Gasteiger partial charge in [0.2, 0.25) is 0 Å². The summed E-state index contributed by atoms with van der Waals surface area (Å²) in [5.41, 5.74) is 1.04. The van der Waals surface area contributed by atoms with Gasteiger partial charge in [-0.1, -0.05) is 21.6 Å². The zero-order chi connectivity index (χ0) is 8.27. The first-order chi connectivity index (χ1) is 5.18. The zero-order valence-corrected chi connectivity index (χ0v) is 6.73. The van der Waals surface area contributed by atoms with Crippen LogP contribution >= 0.6 is 0 Å². The lowest BCUT2D eigenvalue weighted by Gasteiger charge is -1.97. The summed E-state index contributed by atoms with van der Waals surface area (Å²) in [7, 11) is 0. The molecule has 0 fully saturated rings. The first kappa shape index (κ1) is 8.20. The van der Waals surface area contributed by atoms with Crippen molar-refractivity contribution in [3.8, 4) is 5.75 Å². The van der Waals surface area contributed by atoms with E-state index in [9.17, 15) is 8.09 Å². The van der Waals surface area contributed by atoms with Crippen molar-refractivity contribution < 1.29 is 12.3 Å². The van der Waals surface area contributed by atoms with Gasteiger partial charge in [-0.25, -0.2) is 0 Å². The maximum atomic E-state index is 11.7. The molecule has 1 aromatic carbocycles. The third kappa shape index (κ3) is 2.67. The Morgan fingerprint density at radius 2 is 1.91 bits per heavy atom. The Balaban J connectivity index is 2.74. The second kappa shape index (κ2) is 3.48. The van der Waals surface area contributed by atoms with Crippen LogP contribution in [-0.2, 0) is 11.5 Å². The fraction of sp³-hybridized carbons (Fsp3) is 0.143. The van der Waals surface area contributed by atoms with Gasteiger partial charge in [-0.3, -0.25) is 0 Å². The van der Waals surface area contributed by atoms with Crippen molar-refractivity contribution in [2.24, 2.45) is 0 Å². The fourth-order valence-electron chi connectivity index (χ4n) is 0.669. The first-order valence-corrected chi connectivity index (χ1v) is 3.99. The Kier molecular flexibility index (Phi) is 2.59. The molecule has 0 aromatic heterocycles. The summed E-state index contributed by atoms with van der Waals surface area (Å²) in [6, 6.07) is 6.63. The van der Waals surface area contributed by atoms with E-state index < -0.39 is 11.5 Å². The molecule has 11 heavy (non-hydrogen) atoms. The van der Waals surface area contributed by atoms with E-state index in [1.807, 2.05) is 6.92 Å². The first-order valence-electron chi connectivity index (χ1n) is 3.01. The van der Waals surface area contributed by atoms with Crippen LogP contribution in [-0.4, -0.2) is 4.21 Å². The summed E-state index contributed by atoms with van der Waals surface area (Å²) < 4.78 is 25.9. The van der Waals surface area contributed by atoms with Crippen LogP contribution in [0.15, 0.2) is 24.3 Å². The van der Waals surface area contributed by atoms with Gasteiger partial charge in [-0.15, -0.1) is 0 Å². The van der Waals surface area contributed by atoms with Gasteiger partial charge in [0.05, 0.1) is 0 Å². The quantitative estimate of drug-likeness (QED) is 0.640. The lowest BCUT2D eigenvalue weighted by molar-refractivity contribution is 0.519. The van der Waals surface area contributed by atoms with Gasteiger partial charge in [0, 0.05) is 0 Å². The number of benzene rings is 1. The van der Waals surface area contributed by atoms with Gasteiger partial charge >= 0.3 is 11.5 Å². The van der Waals surface area contributed by atoms with E-state index in [-0.39, 0.29) is 5.75 Å². The highest BCUT2D eigenvalue weighted by molar-refractivity contribution is 7.75. The van der Waals surface area contributed by atoms with Crippen molar-refractivity contribution in [1.82, 2.24) is 0 Å². The molecule has 1 rings (SSSR count). The van der Waals surface area contributed by atoms with E-state index in [4.69, 9.17) is 0 Å². The van der Waals surface area contributed by atoms with Crippen LogP contribution in [0.4, 0.5) is 3.89 Å². The molecule has 0 heterocycles. The minimum Gasteiger partial charge on any atom is -0.377 e. The Bertz CT molecular complexity index is 258. The van der Waals surface area contributed by atoms with Crippen molar-refractivity contribution in [3.05, 3.63) is 29.8 Å². The number of aryl methyl sites for hydroxylation is 1. The number of halogens is 1. The predicted molar refractivity (Wildman–Crippen MR) is 41.1 cm³/mol. The minimum absolute atomic E-state index is 0.274. The number of hydrogen-bond acceptors (Lipinski definition) is 2. The molecule has 0 bridgehead atoms. The highest BCUT2D eigenvalue weighted by Crippen LogP contribution is 2.12. The van der Waals surface area contributed by atoms with Crippen LogP contribution in [0.5, 0.6) is 5.75 Å². The van der Waals surface area contributed by atoms with Crippen LogP contribution in [0, 0.1) is 6.92 Å². The third-order valence-electron chi connectivity index (χ3n) is 1.18. The normalized spacial score (nSPS) is 12.5. The molecule has 0 aliphatic carbocycles. The van der Waals surface area contributed by atoms with Gasteiger partial charge in [-0.05, 0) is 19.1 Å². The van der Waals surface area contributed by atoms with Gasteiger partial charge in [-0.2, -0.15) is 4.21 Å². The van der Waals surface area contributed by atoms with Crippen LogP contribution in [0.1, 0.15) is 5.56 Å². The maximum Gasteiger partial charge on any atom is 0.401 e. The molecule has 0 aliphatic rings. The lowest BCUT2D eigenvalue weighted by Crippen LogP contribution is -1.91. The van der Waals surface area contributed by atoms with Crippen LogP contribution in [0.2, 0.25) is 0 Å². The summed E-state index contributed by atoms with van der Waals surface area (Å²) in [6.07, 6.45) is 0. The molecule has 0 aliphatic heterocycles. The Labute approximate surface area is 67.0 Å². The molecule has 0 spiro atoms. The summed E-state index contributed by atoms with van der Waals surface area (Å²) in [4.78, 5) is 0. The van der Waals surface area contributed by atoms with Crippen molar-refractivity contribution in [2.75, 3.05) is 0 Å². The summed E-state index contributed by atoms with van der Waals surface area (Å²) >= 11 is -2.72. The molecule has 2 nitrogen and oxygen atoms in total. The number of rotatable bonds is 2. The smallest absolute Gasteiger partial charge is 0.377 e. The Morgan fingerprint density at radius 3 is 2.36 bits per heavy atom. The summed E-state index contributed by atoms with van der Waals surface area (Å²) in [6.45, 7) is 1.90. The van der Waals surface area contributed by atoms with Crippen molar-refractivity contribution in [2.45, 2.75) is 6.92 Å². The monoisotopic (exact) mass is 174 g/mol. The van der Waals surface area contributed by atoms with Crippen LogP contribution < -0.4 is 4.18 Å². The van der Waals surface area contributed by atoms with E-state index >= 15 is 0 Å². The topological polar surface area (TPSA) is 26.3 Å². The molecule has 0 N–H and O–H groups in total. The standard InChI is InChI=1S/C7H7FO2S/c1-6-2-4-7(5-3-6)10-11(8)9/h2-5H,1H3. The molecular formula is C7H7FO2S. The van der Waals surface area contributed by atoms with Gasteiger partial charge < -0.3 is 4.18 Å². The van der Waals surface area contributed by atoms with Crippen molar-refractivity contribution >= 4 is 11.5 Å². The van der Waals surface area contributed by atoms with Gasteiger partial charge in [0.1, 0.15) is 5.75 Å². The van der Waals surface area contributed by atoms with Crippen molar-refractivity contribution in [3.63, 3.8) is 0 Å². The van der Waals surface area contributed by atoms with Gasteiger partial charge in [0.15, 0.2) is 0 Å². The van der Waals surface area contributed by atoms with E-state index in [1.54, 1.807) is 24.3 Å². The summed E-state index contributed by atoms with van der Waals surface area (Å²) in [5, 5.41) is 0.